The summed E-state index contributed by atoms with van der Waals surface area (Å²) in [4.78, 5) is 16.6. The van der Waals surface area contributed by atoms with Crippen molar-refractivity contribution in [3.8, 4) is 11.5 Å². The molecule has 2 aromatic carbocycles. The molecule has 0 atom stereocenters. The number of carbonyl (C=O) groups is 1. The summed E-state index contributed by atoms with van der Waals surface area (Å²) < 4.78 is 44.4. The van der Waals surface area contributed by atoms with Gasteiger partial charge in [0.2, 0.25) is 0 Å². The van der Waals surface area contributed by atoms with Crippen molar-refractivity contribution < 1.29 is 27.4 Å². The Morgan fingerprint density at radius 1 is 1.07 bits per heavy atom. The molecule has 1 N–H and O–H groups in total. The maximum Gasteiger partial charge on any atom is 0.345 e. The monoisotopic (exact) mass is 430 g/mol. The molecule has 3 aromatic rings. The van der Waals surface area contributed by atoms with Gasteiger partial charge in [-0.05, 0) is 30.7 Å². The summed E-state index contributed by atoms with van der Waals surface area (Å²) >= 11 is 0. The quantitative estimate of drug-likeness (QED) is 0.573. The highest BCUT2D eigenvalue weighted by molar-refractivity contribution is 7.92. The van der Waals surface area contributed by atoms with Crippen LogP contribution in [0.4, 0.5) is 5.69 Å². The normalized spacial score (nSPS) is 11.2. The standard InChI is InChI=1S/C21H22N2O6S/c1-5-13-12-16(14-8-6-7-9-15(14)22-13)23-30(25,26)18-11-10-17(27-2)19(20(18)28-3)21(24)29-4/h6-12H,5H2,1-4H3,(H,22,23). The zero-order chi connectivity index (χ0) is 21.9. The Kier molecular flexibility index (Phi) is 6.12. The van der Waals surface area contributed by atoms with Gasteiger partial charge in [0.15, 0.2) is 5.75 Å². The van der Waals surface area contributed by atoms with E-state index in [0.29, 0.717) is 23.0 Å². The highest BCUT2D eigenvalue weighted by Gasteiger charge is 2.29. The lowest BCUT2D eigenvalue weighted by Gasteiger charge is -2.17. The maximum absolute atomic E-state index is 13.3. The van der Waals surface area contributed by atoms with Crippen molar-refractivity contribution >= 4 is 32.6 Å². The Labute approximate surface area is 174 Å². The van der Waals surface area contributed by atoms with Crippen molar-refractivity contribution in [3.63, 3.8) is 0 Å². The number of carbonyl (C=O) groups excluding carboxylic acids is 1. The van der Waals surface area contributed by atoms with Gasteiger partial charge in [-0.2, -0.15) is 0 Å². The van der Waals surface area contributed by atoms with Crippen LogP contribution in [0.1, 0.15) is 23.0 Å². The number of aromatic nitrogens is 1. The highest BCUT2D eigenvalue weighted by Crippen LogP contribution is 2.37. The molecule has 0 aliphatic heterocycles. The summed E-state index contributed by atoms with van der Waals surface area (Å²) in [6.45, 7) is 1.94. The fourth-order valence-electron chi connectivity index (χ4n) is 3.12. The number of hydrogen-bond acceptors (Lipinski definition) is 7. The molecule has 0 bridgehead atoms. The first kappa shape index (κ1) is 21.4. The van der Waals surface area contributed by atoms with Gasteiger partial charge in [-0.15, -0.1) is 0 Å². The Morgan fingerprint density at radius 3 is 2.43 bits per heavy atom. The third-order valence-corrected chi connectivity index (χ3v) is 5.95. The number of anilines is 1. The number of pyridine rings is 1. The van der Waals surface area contributed by atoms with Crippen molar-refractivity contribution in [2.24, 2.45) is 0 Å². The van der Waals surface area contributed by atoms with Crippen LogP contribution in [0.3, 0.4) is 0 Å². The predicted octanol–water partition coefficient (Wildman–Crippen LogP) is 3.40. The Balaban J connectivity index is 2.18. The van der Waals surface area contributed by atoms with Gasteiger partial charge in [-0.25, -0.2) is 13.2 Å². The molecule has 0 spiro atoms. The fourth-order valence-corrected chi connectivity index (χ4v) is 4.37. The summed E-state index contributed by atoms with van der Waals surface area (Å²) in [5, 5.41) is 0.652. The van der Waals surface area contributed by atoms with Gasteiger partial charge in [-0.1, -0.05) is 25.1 Å². The molecule has 0 radical (unpaired) electrons. The minimum Gasteiger partial charge on any atom is -0.496 e. The number of methoxy groups -OCH3 is 3. The zero-order valence-electron chi connectivity index (χ0n) is 17.1. The van der Waals surface area contributed by atoms with Crippen molar-refractivity contribution in [3.05, 3.63) is 53.7 Å². The van der Waals surface area contributed by atoms with E-state index in [-0.39, 0.29) is 22.0 Å². The number of fused-ring (bicyclic) bond motifs is 1. The summed E-state index contributed by atoms with van der Waals surface area (Å²) in [5.74, 6) is -0.800. The average molecular weight is 430 g/mol. The summed E-state index contributed by atoms with van der Waals surface area (Å²) in [6.07, 6.45) is 0.637. The van der Waals surface area contributed by atoms with E-state index in [9.17, 15) is 13.2 Å². The van der Waals surface area contributed by atoms with Gasteiger partial charge >= 0.3 is 5.97 Å². The van der Waals surface area contributed by atoms with Crippen LogP contribution in [0.15, 0.2) is 47.4 Å². The third kappa shape index (κ3) is 3.88. The van der Waals surface area contributed by atoms with Gasteiger partial charge < -0.3 is 14.2 Å². The molecule has 158 valence electrons. The molecular weight excluding hydrogens is 408 g/mol. The SMILES string of the molecule is CCc1cc(NS(=O)(=O)c2ccc(OC)c(C(=O)OC)c2OC)c2ccccc2n1. The number of para-hydroxylation sites is 1. The number of esters is 1. The minimum atomic E-state index is -4.13. The molecule has 30 heavy (non-hydrogen) atoms. The Bertz CT molecular complexity index is 1210. The van der Waals surface area contributed by atoms with Crippen molar-refractivity contribution in [1.29, 1.82) is 0 Å². The number of ether oxygens (including phenoxy) is 3. The molecule has 0 unspecified atom stereocenters. The third-order valence-electron chi connectivity index (χ3n) is 4.56. The van der Waals surface area contributed by atoms with Crippen LogP contribution in [0, 0.1) is 0 Å². The van der Waals surface area contributed by atoms with Crippen molar-refractivity contribution in [2.75, 3.05) is 26.1 Å². The molecule has 0 amide bonds. The summed E-state index contributed by atoms with van der Waals surface area (Å²) in [7, 11) is -0.298. The number of nitrogens with one attached hydrogen (secondary N) is 1. The van der Waals surface area contributed by atoms with Gasteiger partial charge in [0, 0.05) is 11.1 Å². The minimum absolute atomic E-state index is 0.112. The number of hydrogen-bond donors (Lipinski definition) is 1. The van der Waals surface area contributed by atoms with Crippen LogP contribution >= 0.6 is 0 Å². The molecule has 1 heterocycles. The van der Waals surface area contributed by atoms with E-state index >= 15 is 0 Å². The van der Waals surface area contributed by atoms with Crippen molar-refractivity contribution in [2.45, 2.75) is 18.2 Å². The average Bonchev–Trinajstić information content (AvgIpc) is 2.76. The first-order chi connectivity index (χ1) is 14.4. The second-order valence-electron chi connectivity index (χ2n) is 6.30. The van der Waals surface area contributed by atoms with E-state index in [0.717, 1.165) is 5.69 Å². The summed E-state index contributed by atoms with van der Waals surface area (Å²) in [5.41, 5.74) is 1.68. The molecular formula is C21H22N2O6S. The van der Waals surface area contributed by atoms with E-state index in [2.05, 4.69) is 9.71 Å². The fraction of sp³-hybridized carbons (Fsp3) is 0.238. The molecule has 9 heteroatoms. The maximum atomic E-state index is 13.3. The van der Waals surface area contributed by atoms with E-state index < -0.39 is 16.0 Å². The Hall–Kier alpha value is -3.33. The van der Waals surface area contributed by atoms with Crippen LogP contribution in [-0.2, 0) is 21.2 Å². The number of sulfonamides is 1. The summed E-state index contributed by atoms with van der Waals surface area (Å²) in [6, 6.07) is 11.6. The van der Waals surface area contributed by atoms with Crippen LogP contribution in [0.5, 0.6) is 11.5 Å². The van der Waals surface area contributed by atoms with Gasteiger partial charge in [0.25, 0.3) is 10.0 Å². The number of benzene rings is 2. The lowest BCUT2D eigenvalue weighted by atomic mass is 10.1. The molecule has 0 saturated heterocycles. The first-order valence-corrected chi connectivity index (χ1v) is 10.6. The molecule has 1 aromatic heterocycles. The Morgan fingerprint density at radius 2 is 1.80 bits per heavy atom. The van der Waals surface area contributed by atoms with Crippen LogP contribution in [0.25, 0.3) is 10.9 Å². The largest absolute Gasteiger partial charge is 0.496 e. The molecule has 0 saturated carbocycles. The highest BCUT2D eigenvalue weighted by atomic mass is 32.2. The second kappa shape index (κ2) is 8.58. The molecule has 3 rings (SSSR count). The molecule has 0 aliphatic rings. The molecule has 8 nitrogen and oxygen atoms in total. The van der Waals surface area contributed by atoms with E-state index in [1.54, 1.807) is 18.2 Å². The second-order valence-corrected chi connectivity index (χ2v) is 7.95. The van der Waals surface area contributed by atoms with Crippen molar-refractivity contribution in [1.82, 2.24) is 4.98 Å². The van der Waals surface area contributed by atoms with E-state index in [1.807, 2.05) is 19.1 Å². The van der Waals surface area contributed by atoms with E-state index in [1.165, 1.54) is 33.5 Å². The van der Waals surface area contributed by atoms with Gasteiger partial charge in [-0.3, -0.25) is 9.71 Å². The van der Waals surface area contributed by atoms with Crippen LogP contribution in [0.2, 0.25) is 0 Å². The van der Waals surface area contributed by atoms with Gasteiger partial charge in [0.05, 0.1) is 32.5 Å². The van der Waals surface area contributed by atoms with E-state index in [4.69, 9.17) is 14.2 Å². The number of nitrogens with zero attached hydrogens (tertiary/aromatic N) is 1. The van der Waals surface area contributed by atoms with Gasteiger partial charge in [0.1, 0.15) is 16.2 Å². The van der Waals surface area contributed by atoms with Crippen LogP contribution < -0.4 is 14.2 Å². The predicted molar refractivity (Wildman–Crippen MR) is 113 cm³/mol. The number of rotatable bonds is 7. The lowest BCUT2D eigenvalue weighted by Crippen LogP contribution is -2.17. The zero-order valence-corrected chi connectivity index (χ0v) is 17.9. The molecule has 0 fully saturated rings. The lowest BCUT2D eigenvalue weighted by molar-refractivity contribution is 0.0592. The molecule has 0 aliphatic carbocycles. The van der Waals surface area contributed by atoms with Crippen LogP contribution in [-0.4, -0.2) is 40.7 Å². The topological polar surface area (TPSA) is 104 Å². The smallest absolute Gasteiger partial charge is 0.345 e. The number of aryl methyl sites for hydroxylation is 1. The first-order valence-electron chi connectivity index (χ1n) is 9.11.